The number of aromatic nitrogens is 2. The van der Waals surface area contributed by atoms with E-state index in [0.29, 0.717) is 17.1 Å². The molecule has 0 bridgehead atoms. The largest absolute Gasteiger partial charge is 0.346 e. The second kappa shape index (κ2) is 10.8. The summed E-state index contributed by atoms with van der Waals surface area (Å²) in [4.78, 5) is 46.0. The van der Waals surface area contributed by atoms with Gasteiger partial charge in [-0.05, 0) is 31.0 Å². The zero-order valence-electron chi connectivity index (χ0n) is 17.8. The first kappa shape index (κ1) is 22.6. The van der Waals surface area contributed by atoms with Gasteiger partial charge >= 0.3 is 0 Å². The van der Waals surface area contributed by atoms with Crippen molar-refractivity contribution in [1.29, 1.82) is 0 Å². The summed E-state index contributed by atoms with van der Waals surface area (Å²) in [6.45, 7) is 3.92. The number of aryl methyl sites for hydroxylation is 1. The summed E-state index contributed by atoms with van der Waals surface area (Å²) in [5.41, 5.74) is 1.92. The maximum atomic E-state index is 12.4. The predicted octanol–water partition coefficient (Wildman–Crippen LogP) is 5.03. The molecule has 1 unspecified atom stereocenters. The van der Waals surface area contributed by atoms with Crippen LogP contribution in [0, 0.1) is 6.92 Å². The van der Waals surface area contributed by atoms with Crippen LogP contribution in [0.5, 0.6) is 0 Å². The molecule has 0 spiro atoms. The topological polar surface area (TPSA) is 91.9 Å². The Morgan fingerprint density at radius 3 is 2.45 bits per heavy atom. The number of nitrogens with one attached hydrogen (secondary N) is 2. The van der Waals surface area contributed by atoms with Crippen molar-refractivity contribution in [2.24, 2.45) is 0 Å². The quantitative estimate of drug-likeness (QED) is 0.412. The Morgan fingerprint density at radius 1 is 1.03 bits per heavy atom. The number of benzene rings is 1. The van der Waals surface area contributed by atoms with E-state index in [1.165, 1.54) is 11.3 Å². The molecule has 7 heteroatoms. The number of carbonyl (C=O) groups is 3. The molecule has 1 atom stereocenters. The normalized spacial score (nSPS) is 11.8. The van der Waals surface area contributed by atoms with Gasteiger partial charge in [-0.15, -0.1) is 11.3 Å². The number of H-pyrrole nitrogens is 1. The Hall–Kier alpha value is -3.06. The van der Waals surface area contributed by atoms with Crippen LogP contribution >= 0.6 is 11.3 Å². The predicted molar refractivity (Wildman–Crippen MR) is 122 cm³/mol. The van der Waals surface area contributed by atoms with Crippen molar-refractivity contribution in [2.75, 3.05) is 0 Å². The molecule has 31 heavy (non-hydrogen) atoms. The number of imidazole rings is 1. The number of carbonyl (C=O) groups excluding carboxylic acids is 3. The van der Waals surface area contributed by atoms with Crippen LogP contribution in [0.4, 0.5) is 0 Å². The highest BCUT2D eigenvalue weighted by Crippen LogP contribution is 2.21. The first-order valence-corrected chi connectivity index (χ1v) is 11.3. The maximum absolute atomic E-state index is 12.4. The summed E-state index contributed by atoms with van der Waals surface area (Å²) >= 11 is 1.44. The number of aromatic amines is 1. The summed E-state index contributed by atoms with van der Waals surface area (Å²) in [6, 6.07) is 13.3. The van der Waals surface area contributed by atoms with Crippen LogP contribution in [-0.2, 0) is 9.59 Å². The van der Waals surface area contributed by atoms with Crippen LogP contribution in [0.25, 0.3) is 11.3 Å². The molecule has 0 aliphatic heterocycles. The van der Waals surface area contributed by atoms with Gasteiger partial charge in [-0.3, -0.25) is 14.4 Å². The number of ketones is 2. The van der Waals surface area contributed by atoms with Crippen LogP contribution in [0.1, 0.15) is 65.4 Å². The molecule has 1 amide bonds. The number of Topliss-reactive ketones (excluding diaryl/α,β-unsaturated/α-hetero) is 2. The molecule has 2 N–H and O–H groups in total. The van der Waals surface area contributed by atoms with Crippen LogP contribution in [0.15, 0.2) is 48.7 Å². The molecular formula is C24H27N3O3S. The lowest BCUT2D eigenvalue weighted by Gasteiger charge is -2.14. The van der Waals surface area contributed by atoms with Crippen molar-refractivity contribution in [1.82, 2.24) is 15.3 Å². The highest BCUT2D eigenvalue weighted by Gasteiger charge is 2.18. The second-order valence-electron chi connectivity index (χ2n) is 7.45. The molecule has 2 heterocycles. The van der Waals surface area contributed by atoms with Crippen molar-refractivity contribution >= 4 is 28.8 Å². The molecule has 0 saturated heterocycles. The minimum absolute atomic E-state index is 0.0195. The summed E-state index contributed by atoms with van der Waals surface area (Å²) in [5.74, 6) is 0.402. The van der Waals surface area contributed by atoms with Gasteiger partial charge in [0, 0.05) is 30.6 Å². The van der Waals surface area contributed by atoms with Crippen molar-refractivity contribution in [3.05, 3.63) is 64.2 Å². The van der Waals surface area contributed by atoms with Crippen LogP contribution in [-0.4, -0.2) is 27.4 Å². The fourth-order valence-electron chi connectivity index (χ4n) is 3.25. The SMILES string of the molecule is CCC(NC(=O)CCC(=O)CCC(=O)c1ccc(C)s1)c1ncc(-c2ccccc2)[nH]1. The van der Waals surface area contributed by atoms with Gasteiger partial charge in [0.1, 0.15) is 11.6 Å². The minimum atomic E-state index is -0.247. The zero-order chi connectivity index (χ0) is 22.2. The van der Waals surface area contributed by atoms with Crippen molar-refractivity contribution in [3.8, 4) is 11.3 Å². The third-order valence-corrected chi connectivity index (χ3v) is 6.07. The average molecular weight is 438 g/mol. The molecule has 0 radical (unpaired) electrons. The van der Waals surface area contributed by atoms with Crippen LogP contribution < -0.4 is 5.32 Å². The first-order valence-electron chi connectivity index (χ1n) is 10.5. The zero-order valence-corrected chi connectivity index (χ0v) is 18.6. The van der Waals surface area contributed by atoms with Gasteiger partial charge in [0.2, 0.25) is 5.91 Å². The molecule has 3 aromatic rings. The number of thiophene rings is 1. The van der Waals surface area contributed by atoms with Gasteiger partial charge in [-0.1, -0.05) is 37.3 Å². The smallest absolute Gasteiger partial charge is 0.221 e. The number of amides is 1. The van der Waals surface area contributed by atoms with E-state index in [9.17, 15) is 14.4 Å². The second-order valence-corrected chi connectivity index (χ2v) is 8.74. The Morgan fingerprint density at radius 2 is 1.77 bits per heavy atom. The summed E-state index contributed by atoms with van der Waals surface area (Å²) in [5, 5.41) is 2.95. The number of hydrogen-bond donors (Lipinski definition) is 2. The molecule has 2 aromatic heterocycles. The summed E-state index contributed by atoms with van der Waals surface area (Å²) < 4.78 is 0. The lowest BCUT2D eigenvalue weighted by atomic mass is 10.1. The van der Waals surface area contributed by atoms with E-state index in [2.05, 4.69) is 15.3 Å². The summed E-state index contributed by atoms with van der Waals surface area (Å²) in [6.07, 6.45) is 3.02. The standard InChI is InChI=1S/C24H27N3O3S/c1-3-19(24-25-15-20(27-24)17-7-5-4-6-8-17)26-23(30)14-11-18(28)10-12-21(29)22-13-9-16(2)31-22/h4-9,13,15,19H,3,10-12,14H2,1-2H3,(H,25,27)(H,26,30). The molecule has 0 aliphatic carbocycles. The fourth-order valence-corrected chi connectivity index (χ4v) is 4.08. The van der Waals surface area contributed by atoms with Gasteiger partial charge in [0.25, 0.3) is 0 Å². The van der Waals surface area contributed by atoms with Gasteiger partial charge < -0.3 is 10.3 Å². The van der Waals surface area contributed by atoms with E-state index in [0.717, 1.165) is 16.1 Å². The Kier molecular flexibility index (Phi) is 7.89. The average Bonchev–Trinajstić information content (AvgIpc) is 3.44. The molecule has 6 nitrogen and oxygen atoms in total. The lowest BCUT2D eigenvalue weighted by Crippen LogP contribution is -2.29. The van der Waals surface area contributed by atoms with E-state index in [4.69, 9.17) is 0 Å². The van der Waals surface area contributed by atoms with E-state index < -0.39 is 0 Å². The molecular weight excluding hydrogens is 410 g/mol. The van der Waals surface area contributed by atoms with E-state index >= 15 is 0 Å². The van der Waals surface area contributed by atoms with Crippen LogP contribution in [0.2, 0.25) is 0 Å². The number of rotatable bonds is 11. The highest BCUT2D eigenvalue weighted by molar-refractivity contribution is 7.14. The van der Waals surface area contributed by atoms with E-state index in [1.54, 1.807) is 12.3 Å². The van der Waals surface area contributed by atoms with Gasteiger partial charge in [0.05, 0.1) is 22.8 Å². The monoisotopic (exact) mass is 437 g/mol. The Labute approximate surface area is 186 Å². The maximum Gasteiger partial charge on any atom is 0.221 e. The van der Waals surface area contributed by atoms with Crippen molar-refractivity contribution < 1.29 is 14.4 Å². The van der Waals surface area contributed by atoms with Gasteiger partial charge in [0.15, 0.2) is 5.78 Å². The van der Waals surface area contributed by atoms with Gasteiger partial charge in [-0.25, -0.2) is 4.98 Å². The Balaban J connectivity index is 1.45. The fraction of sp³-hybridized carbons (Fsp3) is 0.333. The number of nitrogens with zero attached hydrogens (tertiary/aromatic N) is 1. The molecule has 162 valence electrons. The molecule has 0 aliphatic rings. The molecule has 0 saturated carbocycles. The van der Waals surface area contributed by atoms with E-state index in [-0.39, 0.29) is 49.2 Å². The molecule has 1 aromatic carbocycles. The summed E-state index contributed by atoms with van der Waals surface area (Å²) in [7, 11) is 0. The van der Waals surface area contributed by atoms with Crippen molar-refractivity contribution in [3.63, 3.8) is 0 Å². The highest BCUT2D eigenvalue weighted by atomic mass is 32.1. The van der Waals surface area contributed by atoms with Crippen molar-refractivity contribution in [2.45, 2.75) is 52.0 Å². The molecule has 3 rings (SSSR count). The lowest BCUT2D eigenvalue weighted by molar-refractivity contribution is -0.125. The van der Waals surface area contributed by atoms with Crippen LogP contribution in [0.3, 0.4) is 0 Å². The first-order chi connectivity index (χ1) is 15.0. The van der Waals surface area contributed by atoms with E-state index in [1.807, 2.05) is 50.2 Å². The molecule has 0 fully saturated rings. The minimum Gasteiger partial charge on any atom is -0.346 e. The van der Waals surface area contributed by atoms with Gasteiger partial charge in [-0.2, -0.15) is 0 Å². The third kappa shape index (κ3) is 6.46. The Bertz CT molecular complexity index is 1040. The third-order valence-electron chi connectivity index (χ3n) is 5.03. The number of hydrogen-bond acceptors (Lipinski definition) is 5.